The molecule has 0 saturated carbocycles. The number of hydrogen-bond donors (Lipinski definition) is 0. The first-order chi connectivity index (χ1) is 11.9. The van der Waals surface area contributed by atoms with Crippen molar-refractivity contribution in [3.8, 4) is 0 Å². The smallest absolute Gasteiger partial charge is 0.0579 e. The topological polar surface area (TPSA) is 9.23 Å². The maximum atomic E-state index is 6.36. The lowest BCUT2D eigenvalue weighted by molar-refractivity contribution is -0.0573. The Kier molecular flexibility index (Phi) is 6.92. The lowest BCUT2D eigenvalue weighted by atomic mass is 9.96. The largest absolute Gasteiger partial charge is 0.375 e. The molecule has 1 nitrogen and oxygen atoms in total. The molecule has 2 atom stereocenters. The molecule has 0 N–H and O–H groups in total. The summed E-state index contributed by atoms with van der Waals surface area (Å²) < 4.78 is 6.36. The molecule has 3 rings (SSSR count). The molecule has 24 heavy (non-hydrogen) atoms. The van der Waals surface area contributed by atoms with Crippen LogP contribution in [0.3, 0.4) is 0 Å². The van der Waals surface area contributed by atoms with E-state index >= 15 is 0 Å². The lowest BCUT2D eigenvalue weighted by Crippen LogP contribution is -2.27. The van der Waals surface area contributed by atoms with Crippen molar-refractivity contribution in [3.63, 3.8) is 0 Å². The van der Waals surface area contributed by atoms with Crippen LogP contribution in [0.4, 0.5) is 0 Å². The lowest BCUT2D eigenvalue weighted by Gasteiger charge is -2.30. The Hall–Kier alpha value is -1.60. The Labute approximate surface area is 147 Å². The zero-order valence-corrected chi connectivity index (χ0v) is 14.7. The number of rotatable bonds is 8. The van der Waals surface area contributed by atoms with Crippen molar-refractivity contribution < 1.29 is 4.74 Å². The van der Waals surface area contributed by atoms with Gasteiger partial charge in [-0.15, -0.1) is 0 Å². The molecule has 1 saturated heterocycles. The van der Waals surface area contributed by atoms with Gasteiger partial charge >= 0.3 is 0 Å². The van der Waals surface area contributed by atoms with Crippen LogP contribution in [0.2, 0.25) is 0 Å². The Morgan fingerprint density at radius 2 is 1.12 bits per heavy atom. The van der Waals surface area contributed by atoms with Crippen molar-refractivity contribution in [1.29, 1.82) is 0 Å². The van der Waals surface area contributed by atoms with E-state index in [2.05, 4.69) is 60.7 Å². The minimum atomic E-state index is 0.490. The fraction of sp³-hybridized carbons (Fsp3) is 0.478. The summed E-state index contributed by atoms with van der Waals surface area (Å²) >= 11 is 0. The molecule has 0 amide bonds. The summed E-state index contributed by atoms with van der Waals surface area (Å²) in [6.45, 7) is 0. The third-order valence-electron chi connectivity index (χ3n) is 5.11. The second kappa shape index (κ2) is 9.64. The van der Waals surface area contributed by atoms with E-state index in [9.17, 15) is 0 Å². The maximum absolute atomic E-state index is 6.36. The Bertz CT molecular complexity index is 512. The first-order valence-electron chi connectivity index (χ1n) is 9.63. The first kappa shape index (κ1) is 17.2. The molecule has 0 bridgehead atoms. The highest BCUT2D eigenvalue weighted by Gasteiger charge is 2.21. The van der Waals surface area contributed by atoms with Crippen LogP contribution in [0, 0.1) is 0 Å². The van der Waals surface area contributed by atoms with Gasteiger partial charge in [0.15, 0.2) is 0 Å². The molecule has 128 valence electrons. The van der Waals surface area contributed by atoms with Gasteiger partial charge in [0.25, 0.3) is 0 Å². The maximum Gasteiger partial charge on any atom is 0.0579 e. The summed E-state index contributed by atoms with van der Waals surface area (Å²) in [6, 6.07) is 21.6. The number of aryl methyl sites for hydroxylation is 2. The fourth-order valence-corrected chi connectivity index (χ4v) is 3.76. The highest BCUT2D eigenvalue weighted by atomic mass is 16.5. The van der Waals surface area contributed by atoms with Crippen molar-refractivity contribution >= 4 is 0 Å². The summed E-state index contributed by atoms with van der Waals surface area (Å²) in [6.07, 6.45) is 12.1. The van der Waals surface area contributed by atoms with Crippen LogP contribution < -0.4 is 0 Å². The highest BCUT2D eigenvalue weighted by Crippen LogP contribution is 2.26. The van der Waals surface area contributed by atoms with E-state index in [1.165, 1.54) is 68.9 Å². The SMILES string of the molecule is c1ccc(CCCC2CCCC(CCCc3ccccc3)O2)cc1. The minimum Gasteiger partial charge on any atom is -0.375 e. The Balaban J connectivity index is 1.33. The summed E-state index contributed by atoms with van der Waals surface area (Å²) in [7, 11) is 0. The van der Waals surface area contributed by atoms with Gasteiger partial charge in [0.1, 0.15) is 0 Å². The molecule has 1 heteroatoms. The molecule has 2 aromatic carbocycles. The molecule has 0 aromatic heterocycles. The number of ether oxygens (including phenoxy) is 1. The van der Waals surface area contributed by atoms with Crippen LogP contribution >= 0.6 is 0 Å². The van der Waals surface area contributed by atoms with Gasteiger partial charge in [0.2, 0.25) is 0 Å². The van der Waals surface area contributed by atoms with Crippen LogP contribution in [-0.2, 0) is 17.6 Å². The van der Waals surface area contributed by atoms with E-state index in [0.29, 0.717) is 12.2 Å². The predicted molar refractivity (Wildman–Crippen MR) is 101 cm³/mol. The number of hydrogen-bond acceptors (Lipinski definition) is 1. The van der Waals surface area contributed by atoms with Gasteiger partial charge in [0.05, 0.1) is 12.2 Å². The molecular formula is C23H30O. The first-order valence-corrected chi connectivity index (χ1v) is 9.63. The Morgan fingerprint density at radius 1 is 0.667 bits per heavy atom. The molecule has 2 aromatic rings. The second-order valence-electron chi connectivity index (χ2n) is 7.07. The molecule has 0 spiro atoms. The van der Waals surface area contributed by atoms with Crippen LogP contribution in [-0.4, -0.2) is 12.2 Å². The van der Waals surface area contributed by atoms with Crippen LogP contribution in [0.15, 0.2) is 60.7 Å². The molecule has 1 heterocycles. The molecule has 2 unspecified atom stereocenters. The van der Waals surface area contributed by atoms with Gasteiger partial charge in [-0.2, -0.15) is 0 Å². The van der Waals surface area contributed by atoms with Crippen LogP contribution in [0.25, 0.3) is 0 Å². The van der Waals surface area contributed by atoms with E-state index in [0.717, 1.165) is 0 Å². The van der Waals surface area contributed by atoms with Crippen molar-refractivity contribution in [2.75, 3.05) is 0 Å². The molecule has 1 fully saturated rings. The highest BCUT2D eigenvalue weighted by molar-refractivity contribution is 5.15. The van der Waals surface area contributed by atoms with E-state index in [1.807, 2.05) is 0 Å². The van der Waals surface area contributed by atoms with Gasteiger partial charge in [-0.25, -0.2) is 0 Å². The van der Waals surface area contributed by atoms with Crippen LogP contribution in [0.5, 0.6) is 0 Å². The predicted octanol–water partition coefficient (Wildman–Crippen LogP) is 5.97. The zero-order chi connectivity index (χ0) is 16.5. The quantitative estimate of drug-likeness (QED) is 0.582. The Morgan fingerprint density at radius 3 is 1.58 bits per heavy atom. The molecule has 0 aliphatic carbocycles. The van der Waals surface area contributed by atoms with E-state index in [1.54, 1.807) is 0 Å². The standard InChI is InChI=1S/C23H30O/c1-3-10-20(11-4-1)14-7-16-22-18-9-19-23(24-22)17-8-15-21-12-5-2-6-13-21/h1-6,10-13,22-23H,7-9,14-19H2. The molecular weight excluding hydrogens is 292 g/mol. The van der Waals surface area contributed by atoms with Crippen molar-refractivity contribution in [2.45, 2.75) is 70.0 Å². The van der Waals surface area contributed by atoms with Crippen LogP contribution in [0.1, 0.15) is 56.1 Å². The normalized spacial score (nSPS) is 20.8. The fourth-order valence-electron chi connectivity index (χ4n) is 3.76. The molecule has 0 radical (unpaired) electrons. The van der Waals surface area contributed by atoms with Gasteiger partial charge in [-0.05, 0) is 68.9 Å². The van der Waals surface area contributed by atoms with Gasteiger partial charge in [-0.1, -0.05) is 60.7 Å². The zero-order valence-electron chi connectivity index (χ0n) is 14.7. The minimum absolute atomic E-state index is 0.490. The van der Waals surface area contributed by atoms with Crippen molar-refractivity contribution in [1.82, 2.24) is 0 Å². The van der Waals surface area contributed by atoms with Crippen molar-refractivity contribution in [2.24, 2.45) is 0 Å². The van der Waals surface area contributed by atoms with Gasteiger partial charge in [0, 0.05) is 0 Å². The van der Waals surface area contributed by atoms with E-state index in [4.69, 9.17) is 4.74 Å². The summed E-state index contributed by atoms with van der Waals surface area (Å²) in [5.74, 6) is 0. The summed E-state index contributed by atoms with van der Waals surface area (Å²) in [5, 5.41) is 0. The van der Waals surface area contributed by atoms with Gasteiger partial charge in [-0.3, -0.25) is 0 Å². The third-order valence-corrected chi connectivity index (χ3v) is 5.11. The van der Waals surface area contributed by atoms with Gasteiger partial charge < -0.3 is 4.74 Å². The summed E-state index contributed by atoms with van der Waals surface area (Å²) in [5.41, 5.74) is 2.90. The van der Waals surface area contributed by atoms with E-state index in [-0.39, 0.29) is 0 Å². The average Bonchev–Trinajstić information content (AvgIpc) is 2.64. The monoisotopic (exact) mass is 322 g/mol. The average molecular weight is 322 g/mol. The molecule has 1 aliphatic rings. The third kappa shape index (κ3) is 5.79. The van der Waals surface area contributed by atoms with E-state index < -0.39 is 0 Å². The summed E-state index contributed by atoms with van der Waals surface area (Å²) in [4.78, 5) is 0. The number of benzene rings is 2. The second-order valence-corrected chi connectivity index (χ2v) is 7.07. The molecule has 1 aliphatic heterocycles. The van der Waals surface area contributed by atoms with Crippen molar-refractivity contribution in [3.05, 3.63) is 71.8 Å².